The molecule has 1 aliphatic rings. The molecule has 144 valence electrons. The van der Waals surface area contributed by atoms with Crippen molar-refractivity contribution in [3.63, 3.8) is 0 Å². The SMILES string of the molecule is COc1cc(/C=C(\C(=O)O)c2ccc(S(=O)(=O)N3CCCC3)s2)ccc1O. The van der Waals surface area contributed by atoms with Crippen LogP contribution in [-0.4, -0.2) is 49.1 Å². The highest BCUT2D eigenvalue weighted by Gasteiger charge is 2.29. The molecule has 0 unspecified atom stereocenters. The molecule has 0 spiro atoms. The van der Waals surface area contributed by atoms with Crippen molar-refractivity contribution in [1.82, 2.24) is 4.31 Å². The first kappa shape index (κ1) is 19.4. The Morgan fingerprint density at radius 2 is 1.93 bits per heavy atom. The third-order valence-corrected chi connectivity index (χ3v) is 7.74. The molecular weight excluding hydrogens is 390 g/mol. The van der Waals surface area contributed by atoms with E-state index in [0.29, 0.717) is 23.5 Å². The van der Waals surface area contributed by atoms with Crippen LogP contribution < -0.4 is 4.74 Å². The van der Waals surface area contributed by atoms with Gasteiger partial charge in [-0.3, -0.25) is 0 Å². The van der Waals surface area contributed by atoms with Gasteiger partial charge in [0, 0.05) is 18.0 Å². The van der Waals surface area contributed by atoms with Crippen molar-refractivity contribution in [2.75, 3.05) is 20.2 Å². The van der Waals surface area contributed by atoms with Crippen LogP contribution in [0, 0.1) is 0 Å². The lowest BCUT2D eigenvalue weighted by Crippen LogP contribution is -2.27. The Morgan fingerprint density at radius 1 is 1.22 bits per heavy atom. The molecule has 2 heterocycles. The van der Waals surface area contributed by atoms with Gasteiger partial charge in [-0.25, -0.2) is 13.2 Å². The van der Waals surface area contributed by atoms with Gasteiger partial charge >= 0.3 is 5.97 Å². The van der Waals surface area contributed by atoms with Gasteiger partial charge in [0.05, 0.1) is 12.7 Å². The predicted molar refractivity (Wildman–Crippen MR) is 102 cm³/mol. The molecule has 1 fully saturated rings. The maximum atomic E-state index is 12.6. The van der Waals surface area contributed by atoms with Crippen LogP contribution in [0.2, 0.25) is 0 Å². The van der Waals surface area contributed by atoms with E-state index in [-0.39, 0.29) is 21.3 Å². The number of hydrogen-bond donors (Lipinski definition) is 2. The fraction of sp³-hybridized carbons (Fsp3) is 0.278. The topological polar surface area (TPSA) is 104 Å². The van der Waals surface area contributed by atoms with Crippen LogP contribution in [0.25, 0.3) is 11.6 Å². The number of aromatic hydroxyl groups is 1. The van der Waals surface area contributed by atoms with Crippen LogP contribution in [0.5, 0.6) is 11.5 Å². The van der Waals surface area contributed by atoms with Crippen molar-refractivity contribution >= 4 is 39.0 Å². The summed E-state index contributed by atoms with van der Waals surface area (Å²) in [7, 11) is -2.19. The number of phenols is 1. The lowest BCUT2D eigenvalue weighted by atomic mass is 10.1. The van der Waals surface area contributed by atoms with Crippen LogP contribution in [0.4, 0.5) is 0 Å². The molecule has 1 aromatic carbocycles. The normalized spacial score (nSPS) is 15.8. The molecule has 1 saturated heterocycles. The minimum absolute atomic E-state index is 0.0318. The quantitative estimate of drug-likeness (QED) is 0.711. The summed E-state index contributed by atoms with van der Waals surface area (Å²) in [5.74, 6) is -1.01. The van der Waals surface area contributed by atoms with Crippen LogP contribution in [0.3, 0.4) is 0 Å². The molecule has 0 amide bonds. The molecule has 7 nitrogen and oxygen atoms in total. The summed E-state index contributed by atoms with van der Waals surface area (Å²) in [6, 6.07) is 7.42. The summed E-state index contributed by atoms with van der Waals surface area (Å²) in [4.78, 5) is 12.1. The van der Waals surface area contributed by atoms with Crippen molar-refractivity contribution in [3.8, 4) is 11.5 Å². The Kier molecular flexibility index (Phi) is 5.54. The summed E-state index contributed by atoms with van der Waals surface area (Å²) >= 11 is 0.936. The van der Waals surface area contributed by atoms with Crippen LogP contribution in [0.1, 0.15) is 23.3 Å². The first-order valence-electron chi connectivity index (χ1n) is 8.25. The molecule has 2 aromatic rings. The van der Waals surface area contributed by atoms with Gasteiger partial charge in [-0.2, -0.15) is 4.31 Å². The highest BCUT2D eigenvalue weighted by molar-refractivity contribution is 7.91. The number of aliphatic carboxylic acids is 1. The van der Waals surface area contributed by atoms with E-state index in [4.69, 9.17) is 4.74 Å². The number of sulfonamides is 1. The Bertz CT molecular complexity index is 987. The molecule has 2 N–H and O–H groups in total. The van der Waals surface area contributed by atoms with Gasteiger partial charge in [-0.1, -0.05) is 6.07 Å². The fourth-order valence-corrected chi connectivity index (χ4v) is 5.83. The molecule has 0 aliphatic carbocycles. The first-order chi connectivity index (χ1) is 12.8. The van der Waals surface area contributed by atoms with Crippen molar-refractivity contribution in [3.05, 3.63) is 40.8 Å². The van der Waals surface area contributed by atoms with E-state index >= 15 is 0 Å². The molecule has 0 radical (unpaired) electrons. The van der Waals surface area contributed by atoms with E-state index in [9.17, 15) is 23.4 Å². The monoisotopic (exact) mass is 409 g/mol. The summed E-state index contributed by atoms with van der Waals surface area (Å²) in [5, 5.41) is 19.3. The maximum Gasteiger partial charge on any atom is 0.337 e. The number of phenolic OH excluding ortho intramolecular Hbond substituents is 1. The zero-order valence-corrected chi connectivity index (χ0v) is 16.2. The predicted octanol–water partition coefficient (Wildman–Crippen LogP) is 2.87. The van der Waals surface area contributed by atoms with Crippen LogP contribution in [0.15, 0.2) is 34.5 Å². The number of ether oxygens (including phenoxy) is 1. The van der Waals surface area contributed by atoms with E-state index in [1.807, 2.05) is 0 Å². The summed E-state index contributed by atoms with van der Waals surface area (Å²) in [6.45, 7) is 0.981. The lowest BCUT2D eigenvalue weighted by molar-refractivity contribution is -0.130. The third kappa shape index (κ3) is 4.00. The van der Waals surface area contributed by atoms with E-state index in [0.717, 1.165) is 24.2 Å². The summed E-state index contributed by atoms with van der Waals surface area (Å²) < 4.78 is 31.9. The van der Waals surface area contributed by atoms with E-state index < -0.39 is 16.0 Å². The average molecular weight is 409 g/mol. The molecule has 1 aliphatic heterocycles. The molecule has 27 heavy (non-hydrogen) atoms. The van der Waals surface area contributed by atoms with Crippen LogP contribution >= 0.6 is 11.3 Å². The molecule has 3 rings (SSSR count). The zero-order chi connectivity index (χ0) is 19.6. The molecule has 0 bridgehead atoms. The zero-order valence-electron chi connectivity index (χ0n) is 14.6. The molecule has 9 heteroatoms. The smallest absolute Gasteiger partial charge is 0.337 e. The van der Waals surface area contributed by atoms with E-state index in [1.165, 1.54) is 41.8 Å². The van der Waals surface area contributed by atoms with Gasteiger partial charge in [0.1, 0.15) is 4.21 Å². The minimum atomic E-state index is -3.59. The van der Waals surface area contributed by atoms with E-state index in [1.54, 1.807) is 6.07 Å². The first-order valence-corrected chi connectivity index (χ1v) is 10.5. The number of rotatable bonds is 6. The fourth-order valence-electron chi connectivity index (χ4n) is 2.85. The summed E-state index contributed by atoms with van der Waals surface area (Å²) in [5.41, 5.74) is 0.481. The van der Waals surface area contributed by atoms with Gasteiger partial charge in [0.2, 0.25) is 0 Å². The highest BCUT2D eigenvalue weighted by atomic mass is 32.2. The second-order valence-electron chi connectivity index (χ2n) is 6.02. The highest BCUT2D eigenvalue weighted by Crippen LogP contribution is 2.33. The summed E-state index contributed by atoms with van der Waals surface area (Å²) in [6.07, 6.45) is 3.09. The number of hydrogen-bond acceptors (Lipinski definition) is 6. The van der Waals surface area contributed by atoms with Gasteiger partial charge in [0.25, 0.3) is 10.0 Å². The number of carboxylic acids is 1. The van der Waals surface area contributed by atoms with Gasteiger partial charge in [0.15, 0.2) is 11.5 Å². The third-order valence-electron chi connectivity index (χ3n) is 4.25. The number of methoxy groups -OCH3 is 1. The number of nitrogens with zero attached hydrogens (tertiary/aromatic N) is 1. The van der Waals surface area contributed by atoms with Gasteiger partial charge in [-0.15, -0.1) is 11.3 Å². The van der Waals surface area contributed by atoms with E-state index in [2.05, 4.69) is 0 Å². The second-order valence-corrected chi connectivity index (χ2v) is 9.27. The Balaban J connectivity index is 1.97. The number of thiophene rings is 1. The Labute approximate surface area is 161 Å². The lowest BCUT2D eigenvalue weighted by Gasteiger charge is -2.13. The van der Waals surface area contributed by atoms with Crippen molar-refractivity contribution in [2.45, 2.75) is 17.1 Å². The minimum Gasteiger partial charge on any atom is -0.504 e. The standard InChI is InChI=1S/C18H19NO6S2/c1-25-15-11-12(4-5-14(15)20)10-13(18(21)22)16-6-7-17(26-16)27(23,24)19-8-2-3-9-19/h4-7,10-11,20H,2-3,8-9H2,1H3,(H,21,22)/b13-10-. The van der Waals surface area contributed by atoms with Crippen molar-refractivity contribution in [1.29, 1.82) is 0 Å². The molecule has 0 atom stereocenters. The van der Waals surface area contributed by atoms with Crippen molar-refractivity contribution in [2.24, 2.45) is 0 Å². The molecular formula is C18H19NO6S2. The Morgan fingerprint density at radius 3 is 2.56 bits per heavy atom. The molecule has 0 saturated carbocycles. The Hall–Kier alpha value is -2.36. The number of benzene rings is 1. The van der Waals surface area contributed by atoms with Crippen molar-refractivity contribution < 1.29 is 28.2 Å². The maximum absolute atomic E-state index is 12.6. The van der Waals surface area contributed by atoms with Gasteiger partial charge in [-0.05, 0) is 48.7 Å². The van der Waals surface area contributed by atoms with Gasteiger partial charge < -0.3 is 14.9 Å². The molecule has 1 aromatic heterocycles. The second kappa shape index (κ2) is 7.71. The average Bonchev–Trinajstić information content (AvgIpc) is 3.33. The largest absolute Gasteiger partial charge is 0.504 e. The number of carboxylic acid groups (broad SMARTS) is 1. The van der Waals surface area contributed by atoms with Crippen LogP contribution in [-0.2, 0) is 14.8 Å². The number of carbonyl (C=O) groups is 1.